The highest BCUT2D eigenvalue weighted by Crippen LogP contribution is 2.20. The third-order valence-electron chi connectivity index (χ3n) is 3.49. The van der Waals surface area contributed by atoms with E-state index in [0.29, 0.717) is 12.8 Å². The molecule has 0 saturated heterocycles. The Balaban J connectivity index is 2.68. The molecule has 0 aliphatic rings. The summed E-state index contributed by atoms with van der Waals surface area (Å²) in [6.45, 7) is 5.81. The van der Waals surface area contributed by atoms with E-state index in [2.05, 4.69) is 10.3 Å². The van der Waals surface area contributed by atoms with Crippen molar-refractivity contribution < 1.29 is 14.7 Å². The number of aromatic nitrogens is 1. The van der Waals surface area contributed by atoms with Gasteiger partial charge in [-0.1, -0.05) is 20.8 Å². The van der Waals surface area contributed by atoms with E-state index in [1.54, 1.807) is 11.3 Å². The van der Waals surface area contributed by atoms with Crippen LogP contribution in [0.2, 0.25) is 0 Å². The summed E-state index contributed by atoms with van der Waals surface area (Å²) in [6, 6.07) is 0. The highest BCUT2D eigenvalue weighted by atomic mass is 32.1. The first kappa shape index (κ1) is 16.6. The second kappa shape index (κ2) is 7.38. The van der Waals surface area contributed by atoms with Crippen LogP contribution in [0.25, 0.3) is 0 Å². The summed E-state index contributed by atoms with van der Waals surface area (Å²) in [7, 11) is 0. The van der Waals surface area contributed by atoms with Crippen LogP contribution in [0.1, 0.15) is 50.7 Å². The van der Waals surface area contributed by atoms with E-state index in [1.807, 2.05) is 26.2 Å². The second-order valence-corrected chi connectivity index (χ2v) is 5.81. The van der Waals surface area contributed by atoms with Crippen LogP contribution in [0, 0.1) is 0 Å². The lowest BCUT2D eigenvalue weighted by atomic mass is 9.88. The number of carboxylic acids is 1. The Hall–Kier alpha value is -1.43. The minimum atomic E-state index is -0.893. The molecular weight excluding hydrogens is 276 g/mol. The summed E-state index contributed by atoms with van der Waals surface area (Å²) in [5.41, 5.74) is 0.0905. The fourth-order valence-electron chi connectivity index (χ4n) is 2.11. The molecule has 0 saturated carbocycles. The molecule has 0 aliphatic heterocycles. The van der Waals surface area contributed by atoms with Gasteiger partial charge in [-0.3, -0.25) is 9.59 Å². The van der Waals surface area contributed by atoms with Crippen LogP contribution in [0.5, 0.6) is 0 Å². The van der Waals surface area contributed by atoms with Crippen molar-refractivity contribution in [1.29, 1.82) is 0 Å². The van der Waals surface area contributed by atoms with Gasteiger partial charge in [-0.15, -0.1) is 11.3 Å². The Bertz CT molecular complexity index is 467. The molecular formula is C14H22N2O3S. The number of nitrogens with zero attached hydrogens (tertiary/aromatic N) is 1. The van der Waals surface area contributed by atoms with Crippen molar-refractivity contribution in [3.8, 4) is 0 Å². The molecule has 2 N–H and O–H groups in total. The number of carbonyl (C=O) groups is 2. The molecule has 0 aromatic carbocycles. The fourth-order valence-corrected chi connectivity index (χ4v) is 2.85. The van der Waals surface area contributed by atoms with Gasteiger partial charge in [0.1, 0.15) is 0 Å². The number of hydrogen-bond acceptors (Lipinski definition) is 4. The van der Waals surface area contributed by atoms with E-state index in [1.165, 1.54) is 0 Å². The van der Waals surface area contributed by atoms with Crippen LogP contribution >= 0.6 is 11.3 Å². The molecule has 5 nitrogen and oxygen atoms in total. The van der Waals surface area contributed by atoms with Crippen LogP contribution in [0.15, 0.2) is 5.38 Å². The van der Waals surface area contributed by atoms with E-state index in [9.17, 15) is 9.59 Å². The number of carboxylic acid groups (broad SMARTS) is 1. The van der Waals surface area contributed by atoms with Gasteiger partial charge in [0.2, 0.25) is 5.91 Å². The molecule has 1 amide bonds. The van der Waals surface area contributed by atoms with Crippen LogP contribution in [-0.4, -0.2) is 27.5 Å². The molecule has 0 aliphatic carbocycles. The average Bonchev–Trinajstić information content (AvgIpc) is 2.84. The normalized spacial score (nSPS) is 11.3. The van der Waals surface area contributed by atoms with Gasteiger partial charge in [0, 0.05) is 10.9 Å². The monoisotopic (exact) mass is 298 g/mol. The van der Waals surface area contributed by atoms with Gasteiger partial charge in [0.05, 0.1) is 23.5 Å². The van der Waals surface area contributed by atoms with E-state index in [-0.39, 0.29) is 18.7 Å². The van der Waals surface area contributed by atoms with Crippen molar-refractivity contribution >= 4 is 23.2 Å². The highest BCUT2D eigenvalue weighted by molar-refractivity contribution is 7.09. The Morgan fingerprint density at radius 3 is 2.45 bits per heavy atom. The van der Waals surface area contributed by atoms with Gasteiger partial charge >= 0.3 is 5.97 Å². The Kier molecular flexibility index (Phi) is 6.13. The molecule has 0 bridgehead atoms. The minimum Gasteiger partial charge on any atom is -0.481 e. The number of thiazole rings is 1. The number of rotatable bonds is 8. The maximum absolute atomic E-state index is 12.1. The minimum absolute atomic E-state index is 0.0526. The average molecular weight is 298 g/mol. The summed E-state index contributed by atoms with van der Waals surface area (Å²) in [5, 5.41) is 14.8. The van der Waals surface area contributed by atoms with Crippen LogP contribution in [0.4, 0.5) is 0 Å². The van der Waals surface area contributed by atoms with Gasteiger partial charge in [-0.25, -0.2) is 4.98 Å². The SMILES string of the molecule is CCc1nc(CC(=O)NC(CC)(CC)CC(=O)O)cs1. The van der Waals surface area contributed by atoms with Crippen LogP contribution in [0.3, 0.4) is 0 Å². The van der Waals surface area contributed by atoms with Gasteiger partial charge in [0.25, 0.3) is 0 Å². The van der Waals surface area contributed by atoms with Crippen LogP contribution in [-0.2, 0) is 22.4 Å². The molecule has 0 spiro atoms. The van der Waals surface area contributed by atoms with Gasteiger partial charge < -0.3 is 10.4 Å². The third-order valence-corrected chi connectivity index (χ3v) is 4.53. The molecule has 20 heavy (non-hydrogen) atoms. The Labute approximate surface area is 123 Å². The third kappa shape index (κ3) is 4.59. The van der Waals surface area contributed by atoms with Crippen molar-refractivity contribution in [3.05, 3.63) is 16.1 Å². The van der Waals surface area contributed by atoms with Crippen molar-refractivity contribution in [2.45, 2.75) is 58.4 Å². The summed E-state index contributed by atoms with van der Waals surface area (Å²) < 4.78 is 0. The zero-order chi connectivity index (χ0) is 15.2. The lowest BCUT2D eigenvalue weighted by Crippen LogP contribution is -2.49. The smallest absolute Gasteiger partial charge is 0.305 e. The number of aryl methyl sites for hydroxylation is 1. The number of amides is 1. The summed E-state index contributed by atoms with van der Waals surface area (Å²) in [6.07, 6.45) is 2.21. The molecule has 1 heterocycles. The Morgan fingerprint density at radius 1 is 1.35 bits per heavy atom. The lowest BCUT2D eigenvalue weighted by Gasteiger charge is -2.31. The van der Waals surface area contributed by atoms with E-state index in [0.717, 1.165) is 17.1 Å². The molecule has 0 atom stereocenters. The predicted octanol–water partition coefficient (Wildman–Crippen LogP) is 2.40. The molecule has 112 valence electrons. The van der Waals surface area contributed by atoms with Crippen molar-refractivity contribution in [1.82, 2.24) is 10.3 Å². The van der Waals surface area contributed by atoms with E-state index in [4.69, 9.17) is 5.11 Å². The topological polar surface area (TPSA) is 79.3 Å². The largest absolute Gasteiger partial charge is 0.481 e. The van der Waals surface area contributed by atoms with Crippen LogP contribution < -0.4 is 5.32 Å². The number of aliphatic carboxylic acids is 1. The van der Waals surface area contributed by atoms with Gasteiger partial charge in [-0.05, 0) is 19.3 Å². The summed E-state index contributed by atoms with van der Waals surface area (Å²) >= 11 is 1.55. The molecule has 1 rings (SSSR count). The maximum Gasteiger partial charge on any atom is 0.305 e. The molecule has 1 aromatic heterocycles. The summed E-state index contributed by atoms with van der Waals surface area (Å²) in [5.74, 6) is -1.06. The van der Waals surface area contributed by atoms with Gasteiger partial charge in [-0.2, -0.15) is 0 Å². The molecule has 1 aromatic rings. The Morgan fingerprint density at radius 2 is 2.00 bits per heavy atom. The predicted molar refractivity (Wildman–Crippen MR) is 78.9 cm³/mol. The maximum atomic E-state index is 12.1. The van der Waals surface area contributed by atoms with Crippen molar-refractivity contribution in [2.75, 3.05) is 0 Å². The zero-order valence-corrected chi connectivity index (χ0v) is 13.0. The lowest BCUT2D eigenvalue weighted by molar-refractivity contribution is -0.139. The van der Waals surface area contributed by atoms with Gasteiger partial charge in [0.15, 0.2) is 0 Å². The first-order valence-electron chi connectivity index (χ1n) is 6.90. The molecule has 0 radical (unpaired) electrons. The zero-order valence-electron chi connectivity index (χ0n) is 12.2. The quantitative estimate of drug-likeness (QED) is 0.772. The van der Waals surface area contributed by atoms with E-state index < -0.39 is 11.5 Å². The second-order valence-electron chi connectivity index (χ2n) is 4.87. The molecule has 0 unspecified atom stereocenters. The summed E-state index contributed by atoms with van der Waals surface area (Å²) in [4.78, 5) is 27.4. The molecule has 0 fully saturated rings. The van der Waals surface area contributed by atoms with E-state index >= 15 is 0 Å². The number of hydrogen-bond donors (Lipinski definition) is 2. The fraction of sp³-hybridized carbons (Fsp3) is 0.643. The first-order chi connectivity index (χ1) is 9.44. The van der Waals surface area contributed by atoms with Crippen molar-refractivity contribution in [3.63, 3.8) is 0 Å². The number of nitrogens with one attached hydrogen (secondary N) is 1. The highest BCUT2D eigenvalue weighted by Gasteiger charge is 2.30. The number of carbonyl (C=O) groups excluding carboxylic acids is 1. The standard InChI is InChI=1S/C14H22N2O3S/c1-4-12-15-10(9-20-12)7-11(17)16-14(5-2,6-3)8-13(18)19/h9H,4-8H2,1-3H3,(H,16,17)(H,18,19). The first-order valence-corrected chi connectivity index (χ1v) is 7.78. The van der Waals surface area contributed by atoms with Crippen molar-refractivity contribution in [2.24, 2.45) is 0 Å². The molecule has 6 heteroatoms.